The molecule has 0 aliphatic rings. The fourth-order valence-corrected chi connectivity index (χ4v) is 0.500. The number of rotatable bonds is 6. The first-order valence-corrected chi connectivity index (χ1v) is 5.99. The van der Waals surface area contributed by atoms with Crippen molar-refractivity contribution in [1.82, 2.24) is 0 Å². The summed E-state index contributed by atoms with van der Waals surface area (Å²) in [6.45, 7) is 5.38. The summed E-state index contributed by atoms with van der Waals surface area (Å²) in [6, 6.07) is 0. The summed E-state index contributed by atoms with van der Waals surface area (Å²) < 4.78 is 13.0. The standard InChI is InChI=1S/3C4H9O2.Eu/c3*1-3-4(5)6-2;/h3*4H,3H2,1-2H3;/q3*-1;+3. The second kappa shape index (κ2) is 24.4. The van der Waals surface area contributed by atoms with Crippen molar-refractivity contribution in [3.05, 3.63) is 0 Å². The van der Waals surface area contributed by atoms with E-state index >= 15 is 0 Å². The molecule has 7 heteroatoms. The molecule has 0 aromatic rings. The predicted molar refractivity (Wildman–Crippen MR) is 63.3 cm³/mol. The van der Waals surface area contributed by atoms with Crippen LogP contribution in [0.2, 0.25) is 0 Å². The molecule has 0 N–H and O–H groups in total. The zero-order chi connectivity index (χ0) is 15.0. The minimum atomic E-state index is -0.815. The fourth-order valence-electron chi connectivity index (χ4n) is 0.500. The topological polar surface area (TPSA) is 96.9 Å². The number of ether oxygens (including phenoxy) is 3. The molecule has 0 aromatic carbocycles. The van der Waals surface area contributed by atoms with Crippen LogP contribution in [0.25, 0.3) is 0 Å². The first-order chi connectivity index (χ1) is 8.42. The summed E-state index contributed by atoms with van der Waals surface area (Å²) in [7, 11) is 4.25. The average Bonchev–Trinajstić information content (AvgIpc) is 2.45. The molecule has 3 unspecified atom stereocenters. The van der Waals surface area contributed by atoms with Gasteiger partial charge in [-0.15, -0.1) is 0 Å². The second-order valence-electron chi connectivity index (χ2n) is 3.22. The van der Waals surface area contributed by atoms with Gasteiger partial charge in [0.15, 0.2) is 0 Å². The van der Waals surface area contributed by atoms with Gasteiger partial charge in [0.05, 0.1) is 0 Å². The third-order valence-electron chi connectivity index (χ3n) is 1.79. The van der Waals surface area contributed by atoms with E-state index < -0.39 is 18.9 Å². The zero-order valence-corrected chi connectivity index (χ0v) is 15.1. The summed E-state index contributed by atoms with van der Waals surface area (Å²) in [4.78, 5) is 0. The molecule has 3 atom stereocenters. The molecule has 0 aliphatic carbocycles. The quantitative estimate of drug-likeness (QED) is 0.523. The Morgan fingerprint density at radius 1 is 0.632 bits per heavy atom. The molecular weight excluding hydrogens is 392 g/mol. The van der Waals surface area contributed by atoms with Gasteiger partial charge in [-0.1, -0.05) is 20.8 Å². The molecule has 0 bridgehead atoms. The number of methoxy groups -OCH3 is 3. The first-order valence-electron chi connectivity index (χ1n) is 5.99. The number of hydrogen-bond donors (Lipinski definition) is 0. The molecular formula is C12H27EuO6. The Hall–Kier alpha value is 1.34. The maximum Gasteiger partial charge on any atom is 3.00 e. The monoisotopic (exact) mass is 420 g/mol. The first kappa shape index (κ1) is 28.5. The van der Waals surface area contributed by atoms with Crippen LogP contribution in [-0.2, 0) is 14.2 Å². The van der Waals surface area contributed by atoms with Crippen LogP contribution in [0.4, 0.5) is 0 Å². The third kappa shape index (κ3) is 32.7. The molecule has 0 amide bonds. The van der Waals surface area contributed by atoms with Crippen LogP contribution in [-0.4, -0.2) is 40.2 Å². The molecule has 0 radical (unpaired) electrons. The van der Waals surface area contributed by atoms with E-state index in [0.717, 1.165) is 0 Å². The van der Waals surface area contributed by atoms with Crippen LogP contribution < -0.4 is 15.3 Å². The maximum absolute atomic E-state index is 10.0. The Labute approximate surface area is 158 Å². The molecule has 6 nitrogen and oxygen atoms in total. The Bertz CT molecular complexity index is 104. The maximum atomic E-state index is 10.0. The van der Waals surface area contributed by atoms with Crippen molar-refractivity contribution in [2.45, 2.75) is 58.9 Å². The van der Waals surface area contributed by atoms with Gasteiger partial charge in [-0.2, -0.15) is 0 Å². The minimum absolute atomic E-state index is 0. The van der Waals surface area contributed by atoms with Crippen molar-refractivity contribution in [3.63, 3.8) is 0 Å². The van der Waals surface area contributed by atoms with Crippen molar-refractivity contribution < 1.29 is 78.9 Å². The fraction of sp³-hybridized carbons (Fsp3) is 1.00. The van der Waals surface area contributed by atoms with Crippen LogP contribution in [0.15, 0.2) is 0 Å². The van der Waals surface area contributed by atoms with E-state index in [1.165, 1.54) is 21.3 Å². The van der Waals surface area contributed by atoms with Gasteiger partial charge in [0.25, 0.3) is 0 Å². The van der Waals surface area contributed by atoms with E-state index in [4.69, 9.17) is 0 Å². The van der Waals surface area contributed by atoms with Crippen LogP contribution in [0.5, 0.6) is 0 Å². The van der Waals surface area contributed by atoms with Crippen LogP contribution in [0.3, 0.4) is 0 Å². The SMILES string of the molecule is CCC([O-])OC.CCC([O-])OC.CCC([O-])OC.[Eu+3]. The Kier molecular flexibility index (Phi) is 36.6. The summed E-state index contributed by atoms with van der Waals surface area (Å²) in [6.07, 6.45) is -0.788. The van der Waals surface area contributed by atoms with Gasteiger partial charge in [0.2, 0.25) is 0 Å². The molecule has 0 heterocycles. The molecule has 0 fully saturated rings. The van der Waals surface area contributed by atoms with Gasteiger partial charge < -0.3 is 29.5 Å². The van der Waals surface area contributed by atoms with Crippen LogP contribution in [0, 0.1) is 49.4 Å². The molecule has 0 rings (SSSR count). The molecule has 0 aliphatic heterocycles. The van der Waals surface area contributed by atoms with E-state index in [9.17, 15) is 15.3 Å². The van der Waals surface area contributed by atoms with Gasteiger partial charge in [0, 0.05) is 21.3 Å². The Balaban J connectivity index is -0.0000000865. The normalized spacial score (nSPS) is 13.7. The van der Waals surface area contributed by atoms with Gasteiger partial charge in [-0.25, -0.2) is 0 Å². The Morgan fingerprint density at radius 3 is 0.789 bits per heavy atom. The molecule has 19 heavy (non-hydrogen) atoms. The molecule has 118 valence electrons. The van der Waals surface area contributed by atoms with E-state index in [2.05, 4.69) is 14.2 Å². The molecule has 0 saturated heterocycles. The number of hydrogen-bond acceptors (Lipinski definition) is 6. The van der Waals surface area contributed by atoms with Crippen molar-refractivity contribution in [2.75, 3.05) is 21.3 Å². The van der Waals surface area contributed by atoms with E-state index in [0.29, 0.717) is 19.3 Å². The van der Waals surface area contributed by atoms with Crippen molar-refractivity contribution >= 4 is 0 Å². The van der Waals surface area contributed by atoms with Crippen LogP contribution >= 0.6 is 0 Å². The summed E-state index contributed by atoms with van der Waals surface area (Å²) in [5.41, 5.74) is 0. The van der Waals surface area contributed by atoms with Gasteiger partial charge >= 0.3 is 49.4 Å². The second-order valence-corrected chi connectivity index (χ2v) is 3.22. The van der Waals surface area contributed by atoms with Crippen molar-refractivity contribution in [3.8, 4) is 0 Å². The predicted octanol–water partition coefficient (Wildman–Crippen LogP) is -0.812. The Morgan fingerprint density at radius 2 is 0.789 bits per heavy atom. The summed E-state index contributed by atoms with van der Waals surface area (Å²) >= 11 is 0. The molecule has 0 saturated carbocycles. The van der Waals surface area contributed by atoms with E-state index in [1.54, 1.807) is 20.8 Å². The van der Waals surface area contributed by atoms with Gasteiger partial charge in [-0.05, 0) is 38.1 Å². The van der Waals surface area contributed by atoms with E-state index in [1.807, 2.05) is 0 Å². The minimum Gasteiger partial charge on any atom is -0.831 e. The molecule has 0 aromatic heterocycles. The third-order valence-corrected chi connectivity index (χ3v) is 1.79. The molecule has 0 spiro atoms. The van der Waals surface area contributed by atoms with Crippen LogP contribution in [0.1, 0.15) is 40.0 Å². The van der Waals surface area contributed by atoms with Gasteiger partial charge in [0.1, 0.15) is 0 Å². The smallest absolute Gasteiger partial charge is 0.831 e. The average molecular weight is 419 g/mol. The van der Waals surface area contributed by atoms with E-state index in [-0.39, 0.29) is 49.4 Å². The summed E-state index contributed by atoms with van der Waals surface area (Å²) in [5.74, 6) is 0. The largest absolute Gasteiger partial charge is 3.00 e. The summed E-state index contributed by atoms with van der Waals surface area (Å²) in [5, 5.41) is 30.1. The zero-order valence-electron chi connectivity index (χ0n) is 12.7. The van der Waals surface area contributed by atoms with Crippen molar-refractivity contribution in [2.24, 2.45) is 0 Å². The van der Waals surface area contributed by atoms with Crippen molar-refractivity contribution in [1.29, 1.82) is 0 Å². The van der Waals surface area contributed by atoms with Gasteiger partial charge in [-0.3, -0.25) is 0 Å².